The van der Waals surface area contributed by atoms with Crippen LogP contribution in [0.3, 0.4) is 0 Å². The van der Waals surface area contributed by atoms with Crippen LogP contribution < -0.4 is 0 Å². The van der Waals surface area contributed by atoms with Gasteiger partial charge in [0.2, 0.25) is 5.91 Å². The van der Waals surface area contributed by atoms with Gasteiger partial charge in [0.05, 0.1) is 11.1 Å². The summed E-state index contributed by atoms with van der Waals surface area (Å²) in [6.45, 7) is 1.80. The van der Waals surface area contributed by atoms with E-state index in [4.69, 9.17) is 16.7 Å². The molecule has 0 bridgehead atoms. The lowest BCUT2D eigenvalue weighted by atomic mass is 10.3. The number of carbonyl (C=O) groups excluding carboxylic acids is 1. The largest absolute Gasteiger partial charge is 0.480 e. The monoisotopic (exact) mass is 331 g/mol. The first-order valence-electron chi connectivity index (χ1n) is 6.02. The first kappa shape index (κ1) is 15.5. The van der Waals surface area contributed by atoms with Crippen LogP contribution in [0.2, 0.25) is 5.02 Å². The number of aliphatic carboxylic acids is 1. The zero-order chi connectivity index (χ0) is 14.7. The molecule has 1 aromatic rings. The van der Waals surface area contributed by atoms with Gasteiger partial charge in [0, 0.05) is 15.7 Å². The average molecular weight is 332 g/mol. The Bertz CT molecular complexity index is 509. The molecule has 0 aromatic heterocycles. The number of carbonyl (C=O) groups is 2. The Hall–Kier alpha value is -0.850. The fourth-order valence-corrected chi connectivity index (χ4v) is 4.08. The van der Waals surface area contributed by atoms with Crippen molar-refractivity contribution in [2.45, 2.75) is 23.1 Å². The summed E-state index contributed by atoms with van der Waals surface area (Å²) >= 11 is 8.69. The van der Waals surface area contributed by atoms with Gasteiger partial charge in [-0.05, 0) is 31.2 Å². The summed E-state index contributed by atoms with van der Waals surface area (Å²) < 4.78 is 0. The highest BCUT2D eigenvalue weighted by atomic mass is 35.5. The summed E-state index contributed by atoms with van der Waals surface area (Å²) in [7, 11) is 0. The smallest absolute Gasteiger partial charge is 0.327 e. The lowest BCUT2D eigenvalue weighted by molar-refractivity contribution is -0.147. The van der Waals surface area contributed by atoms with Crippen molar-refractivity contribution in [1.82, 2.24) is 4.90 Å². The summed E-state index contributed by atoms with van der Waals surface area (Å²) in [5.74, 6) is -0.171. The molecule has 1 heterocycles. The first-order valence-corrected chi connectivity index (χ1v) is 8.43. The second kappa shape index (κ2) is 6.74. The zero-order valence-corrected chi connectivity index (χ0v) is 13.2. The summed E-state index contributed by atoms with van der Waals surface area (Å²) in [6, 6.07) is 6.54. The lowest BCUT2D eigenvalue weighted by Gasteiger charge is -2.23. The van der Waals surface area contributed by atoms with E-state index in [1.165, 1.54) is 28.4 Å². The summed E-state index contributed by atoms with van der Waals surface area (Å²) in [5.41, 5.74) is 0. The Balaban J connectivity index is 2.01. The van der Waals surface area contributed by atoms with Gasteiger partial charge in [0.15, 0.2) is 0 Å². The van der Waals surface area contributed by atoms with Gasteiger partial charge in [-0.1, -0.05) is 11.6 Å². The van der Waals surface area contributed by atoms with Gasteiger partial charge in [-0.3, -0.25) is 4.79 Å². The highest BCUT2D eigenvalue weighted by molar-refractivity contribution is 8.00. The van der Waals surface area contributed by atoms with Crippen molar-refractivity contribution < 1.29 is 14.7 Å². The molecule has 1 saturated heterocycles. The third-order valence-electron chi connectivity index (χ3n) is 2.92. The number of thioether (sulfide) groups is 2. The van der Waals surface area contributed by atoms with Gasteiger partial charge in [-0.25, -0.2) is 4.79 Å². The predicted molar refractivity (Wildman–Crippen MR) is 82.4 cm³/mol. The van der Waals surface area contributed by atoms with Gasteiger partial charge in [-0.15, -0.1) is 23.5 Å². The lowest BCUT2D eigenvalue weighted by Crippen LogP contribution is -2.44. The van der Waals surface area contributed by atoms with Gasteiger partial charge in [0.1, 0.15) is 6.04 Å². The fourth-order valence-electron chi connectivity index (χ4n) is 1.87. The molecule has 20 heavy (non-hydrogen) atoms. The minimum Gasteiger partial charge on any atom is -0.480 e. The number of halogens is 1. The molecule has 1 aliphatic rings. The first-order chi connectivity index (χ1) is 9.49. The third kappa shape index (κ3) is 3.62. The van der Waals surface area contributed by atoms with Crippen LogP contribution in [0, 0.1) is 0 Å². The van der Waals surface area contributed by atoms with Gasteiger partial charge in [-0.2, -0.15) is 0 Å². The molecule has 0 aliphatic carbocycles. The van der Waals surface area contributed by atoms with Crippen LogP contribution in [-0.4, -0.2) is 44.8 Å². The van der Waals surface area contributed by atoms with E-state index >= 15 is 0 Å². The van der Waals surface area contributed by atoms with Crippen molar-refractivity contribution in [1.29, 1.82) is 0 Å². The molecule has 1 N–H and O–H groups in total. The standard InChI is InChI=1S/C13H14ClNO3S2/c1-8(20-10-4-2-9(14)3-5-10)12(16)15-7-19-6-11(15)13(17)18/h2-5,8,11H,6-7H2,1H3,(H,17,18)/t8?,11-/m0/s1. The van der Waals surface area contributed by atoms with Crippen LogP contribution >= 0.6 is 35.1 Å². The van der Waals surface area contributed by atoms with E-state index in [-0.39, 0.29) is 11.2 Å². The number of rotatable bonds is 4. The van der Waals surface area contributed by atoms with E-state index in [2.05, 4.69) is 0 Å². The summed E-state index contributed by atoms with van der Waals surface area (Å²) in [5, 5.41) is 9.43. The Kier molecular flexibility index (Phi) is 5.23. The Morgan fingerprint density at radius 1 is 1.45 bits per heavy atom. The van der Waals surface area contributed by atoms with E-state index in [1.807, 2.05) is 12.1 Å². The average Bonchev–Trinajstić information content (AvgIpc) is 2.90. The Morgan fingerprint density at radius 2 is 2.10 bits per heavy atom. The van der Waals surface area contributed by atoms with E-state index in [9.17, 15) is 9.59 Å². The Morgan fingerprint density at radius 3 is 2.70 bits per heavy atom. The molecule has 0 radical (unpaired) electrons. The number of hydrogen-bond acceptors (Lipinski definition) is 4. The molecule has 1 amide bonds. The SMILES string of the molecule is CC(Sc1ccc(Cl)cc1)C(=O)N1CSC[C@H]1C(=O)O. The molecule has 0 spiro atoms. The second-order valence-corrected chi connectivity index (χ2v) is 7.23. The molecule has 2 atom stereocenters. The van der Waals surface area contributed by atoms with Gasteiger partial charge >= 0.3 is 5.97 Å². The molecule has 4 nitrogen and oxygen atoms in total. The number of carboxylic acid groups (broad SMARTS) is 1. The maximum Gasteiger partial charge on any atom is 0.327 e. The zero-order valence-electron chi connectivity index (χ0n) is 10.8. The molecule has 108 valence electrons. The minimum atomic E-state index is -0.938. The van der Waals surface area contributed by atoms with Crippen molar-refractivity contribution in [2.75, 3.05) is 11.6 Å². The maximum absolute atomic E-state index is 12.3. The van der Waals surface area contributed by atoms with Crippen molar-refractivity contribution in [3.8, 4) is 0 Å². The van der Waals surface area contributed by atoms with Crippen LogP contribution in [0.5, 0.6) is 0 Å². The fraction of sp³-hybridized carbons (Fsp3) is 0.385. The molecular weight excluding hydrogens is 318 g/mol. The highest BCUT2D eigenvalue weighted by Gasteiger charge is 2.36. The normalized spacial score (nSPS) is 19.9. The van der Waals surface area contributed by atoms with E-state index in [0.29, 0.717) is 16.7 Å². The second-order valence-electron chi connectivity index (χ2n) is 4.38. The molecule has 1 unspecified atom stereocenters. The Labute approximate surface area is 130 Å². The van der Waals surface area contributed by atoms with Crippen LogP contribution in [0.1, 0.15) is 6.92 Å². The van der Waals surface area contributed by atoms with Gasteiger partial charge in [0.25, 0.3) is 0 Å². The van der Waals surface area contributed by atoms with Crippen LogP contribution in [0.15, 0.2) is 29.2 Å². The van der Waals surface area contributed by atoms with Crippen LogP contribution in [0.25, 0.3) is 0 Å². The molecule has 1 aromatic carbocycles. The van der Waals surface area contributed by atoms with Crippen molar-refractivity contribution in [2.24, 2.45) is 0 Å². The molecule has 1 aliphatic heterocycles. The number of nitrogens with zero attached hydrogens (tertiary/aromatic N) is 1. The van der Waals surface area contributed by atoms with Crippen LogP contribution in [-0.2, 0) is 9.59 Å². The van der Waals surface area contributed by atoms with E-state index < -0.39 is 12.0 Å². The van der Waals surface area contributed by atoms with Gasteiger partial charge < -0.3 is 10.0 Å². The quantitative estimate of drug-likeness (QED) is 0.860. The van der Waals surface area contributed by atoms with Crippen LogP contribution in [0.4, 0.5) is 0 Å². The molecule has 7 heteroatoms. The molecule has 2 rings (SSSR count). The molecule has 1 fully saturated rings. The van der Waals surface area contributed by atoms with Crippen molar-refractivity contribution in [3.05, 3.63) is 29.3 Å². The predicted octanol–water partition coefficient (Wildman–Crippen LogP) is 2.81. The summed E-state index contributed by atoms with van der Waals surface area (Å²) in [4.78, 5) is 25.8. The minimum absolute atomic E-state index is 0.137. The van der Waals surface area contributed by atoms with E-state index in [0.717, 1.165) is 4.90 Å². The summed E-state index contributed by atoms with van der Waals surface area (Å²) in [6.07, 6.45) is 0. The number of amides is 1. The van der Waals surface area contributed by atoms with Crippen molar-refractivity contribution in [3.63, 3.8) is 0 Å². The number of carboxylic acids is 1. The van der Waals surface area contributed by atoms with Crippen molar-refractivity contribution >= 4 is 47.0 Å². The topological polar surface area (TPSA) is 57.6 Å². The number of hydrogen-bond donors (Lipinski definition) is 1. The third-order valence-corrected chi connectivity index (χ3v) is 5.29. The highest BCUT2D eigenvalue weighted by Crippen LogP contribution is 2.29. The molecular formula is C13H14ClNO3S2. The van der Waals surface area contributed by atoms with E-state index in [1.54, 1.807) is 19.1 Å². The maximum atomic E-state index is 12.3. The molecule has 0 saturated carbocycles. The number of benzene rings is 1.